The fourth-order valence-electron chi connectivity index (χ4n) is 4.10. The number of ether oxygens (including phenoxy) is 1. The van der Waals surface area contributed by atoms with Gasteiger partial charge in [0.05, 0.1) is 18.4 Å². The Balaban J connectivity index is 1.60. The Hall–Kier alpha value is -4.66. The van der Waals surface area contributed by atoms with Gasteiger partial charge in [-0.2, -0.15) is 4.98 Å². The molecular formula is C26H22FN5O3. The first-order valence-electron chi connectivity index (χ1n) is 10.9. The number of nitrogens with zero attached hydrogens (tertiary/aromatic N) is 3. The Morgan fingerprint density at radius 1 is 1.11 bits per heavy atom. The molecule has 0 spiro atoms. The predicted molar refractivity (Wildman–Crippen MR) is 130 cm³/mol. The summed E-state index contributed by atoms with van der Waals surface area (Å²) in [6.45, 7) is 1.78. The minimum absolute atomic E-state index is 0.0875. The Bertz CT molecular complexity index is 1450. The smallest absolute Gasteiger partial charge is 0.255 e. The van der Waals surface area contributed by atoms with Gasteiger partial charge in [0.2, 0.25) is 5.95 Å². The van der Waals surface area contributed by atoms with Gasteiger partial charge in [0.25, 0.3) is 5.91 Å². The van der Waals surface area contributed by atoms with Crippen LogP contribution >= 0.6 is 0 Å². The van der Waals surface area contributed by atoms with Gasteiger partial charge in [-0.15, -0.1) is 5.10 Å². The largest absolute Gasteiger partial charge is 0.508 e. The molecule has 0 aliphatic carbocycles. The SMILES string of the molecule is COc1ccccc1NC(=O)C1=C(C)Nc2nc(-c3cccc(O)c3)nn2C1c1ccc(F)cc1. The average Bonchev–Trinajstić information content (AvgIpc) is 3.28. The second-order valence-electron chi connectivity index (χ2n) is 8.03. The highest BCUT2D eigenvalue weighted by atomic mass is 19.1. The van der Waals surface area contributed by atoms with E-state index in [-0.39, 0.29) is 17.5 Å². The van der Waals surface area contributed by atoms with E-state index in [0.29, 0.717) is 45.6 Å². The van der Waals surface area contributed by atoms with Gasteiger partial charge >= 0.3 is 0 Å². The van der Waals surface area contributed by atoms with Crippen LogP contribution < -0.4 is 15.4 Å². The third-order valence-electron chi connectivity index (χ3n) is 5.74. The van der Waals surface area contributed by atoms with Crippen LogP contribution in [0.3, 0.4) is 0 Å². The Morgan fingerprint density at radius 2 is 1.89 bits per heavy atom. The van der Waals surface area contributed by atoms with Crippen LogP contribution in [0.4, 0.5) is 16.0 Å². The number of rotatable bonds is 5. The van der Waals surface area contributed by atoms with Gasteiger partial charge in [-0.3, -0.25) is 4.79 Å². The van der Waals surface area contributed by atoms with Gasteiger partial charge in [-0.25, -0.2) is 9.07 Å². The molecule has 1 aliphatic heterocycles. The van der Waals surface area contributed by atoms with Crippen molar-refractivity contribution >= 4 is 17.5 Å². The maximum atomic E-state index is 13.7. The second-order valence-corrected chi connectivity index (χ2v) is 8.03. The number of nitrogens with one attached hydrogen (secondary N) is 2. The molecule has 1 atom stereocenters. The van der Waals surface area contributed by atoms with Gasteiger partial charge in [-0.05, 0) is 48.9 Å². The number of hydrogen-bond acceptors (Lipinski definition) is 6. The zero-order valence-corrected chi connectivity index (χ0v) is 19.0. The highest BCUT2D eigenvalue weighted by molar-refractivity contribution is 6.06. The summed E-state index contributed by atoms with van der Waals surface area (Å²) in [5.74, 6) is 0.647. The van der Waals surface area contributed by atoms with Gasteiger partial charge in [0, 0.05) is 11.3 Å². The normalized spacial score (nSPS) is 14.8. The van der Waals surface area contributed by atoms with E-state index in [0.717, 1.165) is 0 Å². The van der Waals surface area contributed by atoms with E-state index in [4.69, 9.17) is 4.74 Å². The van der Waals surface area contributed by atoms with Crippen LogP contribution in [0.1, 0.15) is 18.5 Å². The van der Waals surface area contributed by atoms with Crippen molar-refractivity contribution in [3.8, 4) is 22.9 Å². The molecule has 0 bridgehead atoms. The fraction of sp³-hybridized carbons (Fsp3) is 0.115. The lowest BCUT2D eigenvalue weighted by atomic mass is 9.95. The first kappa shape index (κ1) is 22.1. The molecule has 1 aliphatic rings. The molecule has 35 heavy (non-hydrogen) atoms. The van der Waals surface area contributed by atoms with Crippen LogP contribution in [0.2, 0.25) is 0 Å². The molecule has 3 N–H and O–H groups in total. The van der Waals surface area contributed by atoms with Crippen molar-refractivity contribution in [2.75, 3.05) is 17.7 Å². The summed E-state index contributed by atoms with van der Waals surface area (Å²) < 4.78 is 20.7. The van der Waals surface area contributed by atoms with E-state index in [9.17, 15) is 14.3 Å². The summed E-state index contributed by atoms with van der Waals surface area (Å²) in [7, 11) is 1.53. The quantitative estimate of drug-likeness (QED) is 0.389. The molecule has 9 heteroatoms. The number of benzene rings is 3. The number of methoxy groups -OCH3 is 1. The molecule has 0 saturated heterocycles. The fourth-order valence-corrected chi connectivity index (χ4v) is 4.10. The molecule has 1 unspecified atom stereocenters. The molecule has 8 nitrogen and oxygen atoms in total. The predicted octanol–water partition coefficient (Wildman–Crippen LogP) is 4.73. The molecule has 1 amide bonds. The zero-order chi connectivity index (χ0) is 24.5. The van der Waals surface area contributed by atoms with E-state index in [1.807, 2.05) is 6.07 Å². The summed E-state index contributed by atoms with van der Waals surface area (Å²) in [6.07, 6.45) is 0. The number of halogens is 1. The Morgan fingerprint density at radius 3 is 2.63 bits per heavy atom. The lowest BCUT2D eigenvalue weighted by molar-refractivity contribution is -0.113. The number of para-hydroxylation sites is 2. The van der Waals surface area contributed by atoms with Crippen molar-refractivity contribution < 1.29 is 19.0 Å². The number of hydrogen-bond donors (Lipinski definition) is 3. The number of phenolic OH excluding ortho intramolecular Hbond substituents is 1. The van der Waals surface area contributed by atoms with Crippen LogP contribution in [-0.2, 0) is 4.79 Å². The molecule has 0 radical (unpaired) electrons. The Labute approximate surface area is 200 Å². The second kappa shape index (κ2) is 8.94. The standard InChI is InChI=1S/C26H22FN5O3/c1-15-22(25(34)29-20-8-3-4-9-21(20)35-2)23(16-10-12-18(27)13-11-16)32-26(28-15)30-24(31-32)17-6-5-7-19(33)14-17/h3-14,23,33H,1-2H3,(H,29,34)(H,28,30,31). The summed E-state index contributed by atoms with van der Waals surface area (Å²) in [4.78, 5) is 18.2. The van der Waals surface area contributed by atoms with Gasteiger partial charge < -0.3 is 20.5 Å². The number of carbonyl (C=O) groups is 1. The number of allylic oxidation sites excluding steroid dienone is 1. The maximum absolute atomic E-state index is 13.7. The van der Waals surface area contributed by atoms with E-state index in [2.05, 4.69) is 20.7 Å². The highest BCUT2D eigenvalue weighted by Gasteiger charge is 2.34. The van der Waals surface area contributed by atoms with E-state index < -0.39 is 6.04 Å². The highest BCUT2D eigenvalue weighted by Crippen LogP contribution is 2.37. The van der Waals surface area contributed by atoms with Crippen LogP contribution in [0.25, 0.3) is 11.4 Å². The van der Waals surface area contributed by atoms with Crippen LogP contribution in [0.15, 0.2) is 84.1 Å². The number of amides is 1. The van der Waals surface area contributed by atoms with Crippen molar-refractivity contribution in [3.05, 3.63) is 95.4 Å². The van der Waals surface area contributed by atoms with Crippen LogP contribution in [-0.4, -0.2) is 32.9 Å². The monoisotopic (exact) mass is 471 g/mol. The average molecular weight is 471 g/mol. The molecule has 0 fully saturated rings. The zero-order valence-electron chi connectivity index (χ0n) is 19.0. The third-order valence-corrected chi connectivity index (χ3v) is 5.74. The number of aromatic hydroxyl groups is 1. The minimum Gasteiger partial charge on any atom is -0.508 e. The van der Waals surface area contributed by atoms with Crippen LogP contribution in [0.5, 0.6) is 11.5 Å². The molecule has 5 rings (SSSR count). The number of carbonyl (C=O) groups excluding carboxylic acids is 1. The number of phenols is 1. The lowest BCUT2D eigenvalue weighted by Crippen LogP contribution is -2.31. The summed E-state index contributed by atoms with van der Waals surface area (Å²) in [5, 5.41) is 20.6. The first-order chi connectivity index (χ1) is 16.9. The summed E-state index contributed by atoms with van der Waals surface area (Å²) in [5.41, 5.74) is 2.76. The molecule has 4 aromatic rings. The number of anilines is 2. The summed E-state index contributed by atoms with van der Waals surface area (Å²) >= 11 is 0. The maximum Gasteiger partial charge on any atom is 0.255 e. The Kier molecular flexibility index (Phi) is 5.66. The molecule has 3 aromatic carbocycles. The van der Waals surface area contributed by atoms with Crippen molar-refractivity contribution in [3.63, 3.8) is 0 Å². The van der Waals surface area contributed by atoms with Crippen molar-refractivity contribution in [2.45, 2.75) is 13.0 Å². The van der Waals surface area contributed by atoms with E-state index in [1.165, 1.54) is 19.2 Å². The third kappa shape index (κ3) is 4.19. The molecule has 0 saturated carbocycles. The minimum atomic E-state index is -0.680. The molecule has 2 heterocycles. The lowest BCUT2D eigenvalue weighted by Gasteiger charge is -2.28. The topological polar surface area (TPSA) is 101 Å². The van der Waals surface area contributed by atoms with Crippen molar-refractivity contribution in [1.82, 2.24) is 14.8 Å². The number of fused-ring (bicyclic) bond motifs is 1. The summed E-state index contributed by atoms with van der Waals surface area (Å²) in [6, 6.07) is 19.0. The number of aromatic nitrogens is 3. The van der Waals surface area contributed by atoms with Crippen molar-refractivity contribution in [1.29, 1.82) is 0 Å². The van der Waals surface area contributed by atoms with Crippen molar-refractivity contribution in [2.24, 2.45) is 0 Å². The molecule has 1 aromatic heterocycles. The van der Waals surface area contributed by atoms with Gasteiger partial charge in [0.1, 0.15) is 23.4 Å². The first-order valence-corrected chi connectivity index (χ1v) is 10.9. The molecular weight excluding hydrogens is 449 g/mol. The van der Waals surface area contributed by atoms with E-state index in [1.54, 1.807) is 66.2 Å². The van der Waals surface area contributed by atoms with Gasteiger partial charge in [-0.1, -0.05) is 36.4 Å². The van der Waals surface area contributed by atoms with Gasteiger partial charge in [0.15, 0.2) is 5.82 Å². The van der Waals surface area contributed by atoms with E-state index >= 15 is 0 Å². The molecule has 176 valence electrons. The van der Waals surface area contributed by atoms with Crippen LogP contribution in [0, 0.1) is 5.82 Å².